The minimum atomic E-state index is -3.76. The third-order valence-corrected chi connectivity index (χ3v) is 6.70. The van der Waals surface area contributed by atoms with Gasteiger partial charge in [-0.1, -0.05) is 62.2 Å². The van der Waals surface area contributed by atoms with E-state index in [1.165, 1.54) is 4.31 Å². The van der Waals surface area contributed by atoms with Crippen LogP contribution in [0.5, 0.6) is 0 Å². The van der Waals surface area contributed by atoms with Gasteiger partial charge in [-0.25, -0.2) is 8.42 Å². The largest absolute Gasteiger partial charge is 0.297 e. The van der Waals surface area contributed by atoms with Gasteiger partial charge in [-0.05, 0) is 36.8 Å². The predicted molar refractivity (Wildman–Crippen MR) is 103 cm³/mol. The topological polar surface area (TPSA) is 54.2 Å². The maximum atomic E-state index is 13.1. The summed E-state index contributed by atoms with van der Waals surface area (Å²) in [5, 5.41) is 0.570. The SMILES string of the molecule is Cc1ccc(S(=O)(=O)N2[C@@H](C(=O)C(C)(C)C)[C@@H]2c2ccc(Cl)cc2)cc1. The number of halogens is 1. The number of hydrogen-bond donors (Lipinski definition) is 0. The molecule has 0 bridgehead atoms. The Bertz CT molecular complexity index is 929. The molecule has 1 unspecified atom stereocenters. The van der Waals surface area contributed by atoms with Gasteiger partial charge in [0.15, 0.2) is 5.78 Å². The van der Waals surface area contributed by atoms with Crippen LogP contribution in [0, 0.1) is 12.3 Å². The van der Waals surface area contributed by atoms with Crippen molar-refractivity contribution in [2.45, 2.75) is 44.7 Å². The summed E-state index contributed by atoms with van der Waals surface area (Å²) >= 11 is 5.95. The van der Waals surface area contributed by atoms with Crippen LogP contribution in [-0.4, -0.2) is 24.5 Å². The van der Waals surface area contributed by atoms with Gasteiger partial charge in [-0.2, -0.15) is 4.31 Å². The molecule has 4 nitrogen and oxygen atoms in total. The lowest BCUT2D eigenvalue weighted by Gasteiger charge is -2.16. The van der Waals surface area contributed by atoms with Crippen LogP contribution in [0.3, 0.4) is 0 Å². The van der Waals surface area contributed by atoms with E-state index in [0.29, 0.717) is 5.02 Å². The molecule has 0 amide bonds. The fourth-order valence-electron chi connectivity index (χ4n) is 3.03. The van der Waals surface area contributed by atoms with Gasteiger partial charge in [0, 0.05) is 10.4 Å². The number of ketones is 1. The Morgan fingerprint density at radius 1 is 1.00 bits per heavy atom. The second-order valence-electron chi connectivity index (χ2n) is 7.70. The van der Waals surface area contributed by atoms with E-state index in [1.54, 1.807) is 48.5 Å². The molecule has 3 rings (SSSR count). The molecule has 26 heavy (non-hydrogen) atoms. The molecule has 3 atom stereocenters. The highest BCUT2D eigenvalue weighted by Crippen LogP contribution is 2.50. The van der Waals surface area contributed by atoms with Crippen LogP contribution < -0.4 is 0 Å². The monoisotopic (exact) mass is 391 g/mol. The van der Waals surface area contributed by atoms with Crippen LogP contribution in [0.2, 0.25) is 5.02 Å². The van der Waals surface area contributed by atoms with E-state index in [2.05, 4.69) is 0 Å². The Labute approximate surface area is 159 Å². The van der Waals surface area contributed by atoms with Crippen LogP contribution in [0.25, 0.3) is 0 Å². The van der Waals surface area contributed by atoms with Crippen LogP contribution >= 0.6 is 11.6 Å². The summed E-state index contributed by atoms with van der Waals surface area (Å²) in [5.74, 6) is -0.0897. The summed E-state index contributed by atoms with van der Waals surface area (Å²) in [6, 6.07) is 12.5. The highest BCUT2D eigenvalue weighted by Gasteiger charge is 2.61. The standard InChI is InChI=1S/C20H22ClNO3S/c1-13-5-11-16(12-6-13)26(24,25)22-17(14-7-9-15(21)10-8-14)18(22)19(23)20(2,3)4/h5-12,17-18H,1-4H3/t17-,18+,22?/m0/s1. The predicted octanol–water partition coefficient (Wildman–Crippen LogP) is 4.38. The molecule has 1 aliphatic heterocycles. The molecule has 0 N–H and O–H groups in total. The smallest absolute Gasteiger partial charge is 0.244 e. The van der Waals surface area contributed by atoms with Gasteiger partial charge in [-0.3, -0.25) is 4.79 Å². The molecule has 138 valence electrons. The maximum Gasteiger partial charge on any atom is 0.244 e. The molecule has 6 heteroatoms. The third-order valence-electron chi connectivity index (χ3n) is 4.57. The van der Waals surface area contributed by atoms with E-state index in [0.717, 1.165) is 11.1 Å². The van der Waals surface area contributed by atoms with E-state index < -0.39 is 27.5 Å². The first-order valence-corrected chi connectivity index (χ1v) is 10.3. The molecule has 0 radical (unpaired) electrons. The second kappa shape index (κ2) is 6.48. The average molecular weight is 392 g/mol. The van der Waals surface area contributed by atoms with Crippen LogP contribution in [0.1, 0.15) is 37.9 Å². The van der Waals surface area contributed by atoms with Crippen LogP contribution in [0.4, 0.5) is 0 Å². The summed E-state index contributed by atoms with van der Waals surface area (Å²) in [7, 11) is -3.76. The molecular formula is C20H22ClNO3S. The van der Waals surface area contributed by atoms with Gasteiger partial charge in [-0.15, -0.1) is 0 Å². The first-order chi connectivity index (χ1) is 12.0. The number of benzene rings is 2. The number of sulfonamides is 1. The Kier molecular flexibility index (Phi) is 4.76. The van der Waals surface area contributed by atoms with E-state index in [1.807, 2.05) is 27.7 Å². The number of nitrogens with zero attached hydrogens (tertiary/aromatic N) is 1. The van der Waals surface area contributed by atoms with E-state index in [-0.39, 0.29) is 10.7 Å². The normalized spacial score (nSPS) is 22.9. The summed E-state index contributed by atoms with van der Waals surface area (Å²) in [5.41, 5.74) is 1.12. The molecule has 1 aliphatic rings. The molecule has 0 spiro atoms. The van der Waals surface area contributed by atoms with Crippen molar-refractivity contribution in [3.8, 4) is 0 Å². The number of aryl methyl sites for hydroxylation is 1. The fraction of sp³-hybridized carbons (Fsp3) is 0.350. The summed E-state index contributed by atoms with van der Waals surface area (Å²) in [6.07, 6.45) is 0. The Morgan fingerprint density at radius 2 is 1.54 bits per heavy atom. The molecular weight excluding hydrogens is 370 g/mol. The number of carbonyl (C=O) groups excluding carboxylic acids is 1. The van der Waals surface area contributed by atoms with Crippen LogP contribution in [-0.2, 0) is 14.8 Å². The zero-order valence-corrected chi connectivity index (χ0v) is 16.8. The highest BCUT2D eigenvalue weighted by atomic mass is 35.5. The Balaban J connectivity index is 2.03. The second-order valence-corrected chi connectivity index (χ2v) is 9.98. The lowest BCUT2D eigenvalue weighted by atomic mass is 9.87. The molecule has 1 saturated heterocycles. The number of carbonyl (C=O) groups is 1. The summed E-state index contributed by atoms with van der Waals surface area (Å²) < 4.78 is 27.6. The minimum absolute atomic E-state index is 0.0897. The fourth-order valence-corrected chi connectivity index (χ4v) is 4.88. The lowest BCUT2D eigenvalue weighted by molar-refractivity contribution is -0.126. The van der Waals surface area contributed by atoms with Crippen molar-refractivity contribution in [1.82, 2.24) is 4.31 Å². The zero-order valence-electron chi connectivity index (χ0n) is 15.2. The van der Waals surface area contributed by atoms with Crippen molar-refractivity contribution < 1.29 is 13.2 Å². The minimum Gasteiger partial charge on any atom is -0.297 e. The molecule has 2 aromatic carbocycles. The molecule has 1 heterocycles. The van der Waals surface area contributed by atoms with Crippen molar-refractivity contribution in [3.05, 3.63) is 64.7 Å². The molecule has 0 aliphatic carbocycles. The lowest BCUT2D eigenvalue weighted by Crippen LogP contribution is -2.29. The average Bonchev–Trinajstić information content (AvgIpc) is 3.30. The van der Waals surface area contributed by atoms with E-state index in [9.17, 15) is 13.2 Å². The van der Waals surface area contributed by atoms with Crippen molar-refractivity contribution in [2.75, 3.05) is 0 Å². The number of hydrogen-bond acceptors (Lipinski definition) is 3. The van der Waals surface area contributed by atoms with E-state index in [4.69, 9.17) is 11.6 Å². The van der Waals surface area contributed by atoms with Gasteiger partial charge in [0.2, 0.25) is 10.0 Å². The first-order valence-electron chi connectivity index (χ1n) is 8.43. The Morgan fingerprint density at radius 3 is 2.04 bits per heavy atom. The van der Waals surface area contributed by atoms with Crippen molar-refractivity contribution in [2.24, 2.45) is 5.41 Å². The van der Waals surface area contributed by atoms with Crippen LogP contribution in [0.15, 0.2) is 53.4 Å². The van der Waals surface area contributed by atoms with Crippen molar-refractivity contribution >= 4 is 27.4 Å². The molecule has 2 aromatic rings. The number of Topliss-reactive ketones (excluding diaryl/α,β-unsaturated/α-hetero) is 1. The number of rotatable bonds is 4. The zero-order chi connectivity index (χ0) is 19.3. The van der Waals surface area contributed by atoms with Gasteiger partial charge in [0.1, 0.15) is 6.04 Å². The van der Waals surface area contributed by atoms with Gasteiger partial charge >= 0.3 is 0 Å². The quantitative estimate of drug-likeness (QED) is 0.727. The third kappa shape index (κ3) is 3.43. The van der Waals surface area contributed by atoms with E-state index >= 15 is 0 Å². The molecule has 0 saturated carbocycles. The summed E-state index contributed by atoms with van der Waals surface area (Å²) in [4.78, 5) is 13.1. The molecule has 1 fully saturated rings. The van der Waals surface area contributed by atoms with Crippen molar-refractivity contribution in [3.63, 3.8) is 0 Å². The first kappa shape index (κ1) is 19.1. The van der Waals surface area contributed by atoms with Gasteiger partial charge < -0.3 is 0 Å². The maximum absolute atomic E-state index is 13.1. The van der Waals surface area contributed by atoms with Gasteiger partial charge in [0.05, 0.1) is 10.9 Å². The highest BCUT2D eigenvalue weighted by molar-refractivity contribution is 7.89. The Hall–Kier alpha value is -1.69. The van der Waals surface area contributed by atoms with Crippen molar-refractivity contribution in [1.29, 1.82) is 0 Å². The van der Waals surface area contributed by atoms with Gasteiger partial charge in [0.25, 0.3) is 0 Å². The molecule has 0 aromatic heterocycles. The summed E-state index contributed by atoms with van der Waals surface area (Å²) in [6.45, 7) is 7.33.